The second-order valence-electron chi connectivity index (χ2n) is 7.36. The summed E-state index contributed by atoms with van der Waals surface area (Å²) >= 11 is 0. The number of nitrogens with zero attached hydrogens (tertiary/aromatic N) is 2. The largest absolute Gasteiger partial charge is 0.369 e. The van der Waals surface area contributed by atoms with Gasteiger partial charge in [0.2, 0.25) is 5.91 Å². The standard InChI is InChI=1S/C20H32N4O/c1-17-5-4-6-19(15-17)24-13-11-23(12-14-24)10-3-2-8-22-20(25)18-7-9-21-16-18/h4-6,15,18,21H,2-3,7-14,16H2,1H3,(H,22,25). The topological polar surface area (TPSA) is 47.6 Å². The van der Waals surface area contributed by atoms with Crippen LogP contribution >= 0.6 is 0 Å². The number of rotatable bonds is 7. The third kappa shape index (κ3) is 5.44. The monoisotopic (exact) mass is 344 g/mol. The first-order valence-corrected chi connectivity index (χ1v) is 9.75. The molecule has 1 aromatic rings. The number of amides is 1. The van der Waals surface area contributed by atoms with Gasteiger partial charge in [-0.2, -0.15) is 0 Å². The second kappa shape index (κ2) is 9.20. The van der Waals surface area contributed by atoms with E-state index in [1.54, 1.807) is 0 Å². The minimum absolute atomic E-state index is 0.190. The maximum atomic E-state index is 11.9. The molecular weight excluding hydrogens is 312 g/mol. The Kier molecular flexibility index (Phi) is 6.70. The van der Waals surface area contributed by atoms with E-state index in [0.29, 0.717) is 0 Å². The molecule has 3 rings (SSSR count). The molecule has 2 saturated heterocycles. The molecule has 138 valence electrons. The van der Waals surface area contributed by atoms with Crippen LogP contribution in [0.3, 0.4) is 0 Å². The fraction of sp³-hybridized carbons (Fsp3) is 0.650. The van der Waals surface area contributed by atoms with Crippen molar-refractivity contribution in [3.8, 4) is 0 Å². The van der Waals surface area contributed by atoms with Crippen LogP contribution in [0.2, 0.25) is 0 Å². The average Bonchev–Trinajstić information content (AvgIpc) is 3.17. The molecule has 2 aliphatic heterocycles. The van der Waals surface area contributed by atoms with Crippen LogP contribution in [0.25, 0.3) is 0 Å². The highest BCUT2D eigenvalue weighted by atomic mass is 16.1. The van der Waals surface area contributed by atoms with Crippen LogP contribution in [0.4, 0.5) is 5.69 Å². The van der Waals surface area contributed by atoms with Crippen molar-refractivity contribution in [1.29, 1.82) is 0 Å². The van der Waals surface area contributed by atoms with Gasteiger partial charge in [-0.25, -0.2) is 0 Å². The van der Waals surface area contributed by atoms with Gasteiger partial charge < -0.3 is 15.5 Å². The molecule has 5 heteroatoms. The molecule has 0 bridgehead atoms. The van der Waals surface area contributed by atoms with Crippen LogP contribution in [-0.2, 0) is 4.79 Å². The Hall–Kier alpha value is -1.59. The van der Waals surface area contributed by atoms with Gasteiger partial charge in [-0.1, -0.05) is 12.1 Å². The zero-order valence-corrected chi connectivity index (χ0v) is 15.5. The number of piperazine rings is 1. The fourth-order valence-electron chi connectivity index (χ4n) is 3.75. The van der Waals surface area contributed by atoms with Gasteiger partial charge in [0.25, 0.3) is 0 Å². The van der Waals surface area contributed by atoms with Gasteiger partial charge in [-0.15, -0.1) is 0 Å². The van der Waals surface area contributed by atoms with Gasteiger partial charge in [0.1, 0.15) is 0 Å². The maximum absolute atomic E-state index is 11.9. The zero-order valence-electron chi connectivity index (χ0n) is 15.5. The first-order valence-electron chi connectivity index (χ1n) is 9.75. The lowest BCUT2D eigenvalue weighted by molar-refractivity contribution is -0.124. The van der Waals surface area contributed by atoms with E-state index < -0.39 is 0 Å². The highest BCUT2D eigenvalue weighted by Gasteiger charge is 2.21. The molecule has 2 aliphatic rings. The molecule has 0 spiro atoms. The van der Waals surface area contributed by atoms with Gasteiger partial charge in [0.15, 0.2) is 0 Å². The van der Waals surface area contributed by atoms with Crippen molar-refractivity contribution in [3.63, 3.8) is 0 Å². The summed E-state index contributed by atoms with van der Waals surface area (Å²) < 4.78 is 0. The number of aryl methyl sites for hydroxylation is 1. The first kappa shape index (κ1) is 18.2. The van der Waals surface area contributed by atoms with Crippen molar-refractivity contribution in [2.24, 2.45) is 5.92 Å². The van der Waals surface area contributed by atoms with E-state index in [9.17, 15) is 4.79 Å². The van der Waals surface area contributed by atoms with E-state index in [1.807, 2.05) is 0 Å². The van der Waals surface area contributed by atoms with Crippen molar-refractivity contribution in [3.05, 3.63) is 29.8 Å². The molecule has 1 amide bonds. The highest BCUT2D eigenvalue weighted by molar-refractivity contribution is 5.79. The van der Waals surface area contributed by atoms with Gasteiger partial charge >= 0.3 is 0 Å². The molecule has 2 fully saturated rings. The van der Waals surface area contributed by atoms with Crippen LogP contribution in [0, 0.1) is 12.8 Å². The molecule has 0 saturated carbocycles. The summed E-state index contributed by atoms with van der Waals surface area (Å²) in [6.45, 7) is 10.4. The molecule has 2 heterocycles. The summed E-state index contributed by atoms with van der Waals surface area (Å²) in [5.74, 6) is 0.423. The first-order chi connectivity index (χ1) is 12.2. The Balaban J connectivity index is 1.27. The molecular formula is C20H32N4O. The number of nitrogens with one attached hydrogen (secondary N) is 2. The zero-order chi connectivity index (χ0) is 17.5. The van der Waals surface area contributed by atoms with Crippen LogP contribution in [0.15, 0.2) is 24.3 Å². The van der Waals surface area contributed by atoms with Crippen LogP contribution < -0.4 is 15.5 Å². The minimum Gasteiger partial charge on any atom is -0.369 e. The average molecular weight is 345 g/mol. The molecule has 0 aliphatic carbocycles. The third-order valence-corrected chi connectivity index (χ3v) is 5.37. The molecule has 2 N–H and O–H groups in total. The second-order valence-corrected chi connectivity index (χ2v) is 7.36. The summed E-state index contributed by atoms with van der Waals surface area (Å²) in [6.07, 6.45) is 3.22. The number of benzene rings is 1. The number of unbranched alkanes of at least 4 members (excludes halogenated alkanes) is 1. The summed E-state index contributed by atoms with van der Waals surface area (Å²) in [7, 11) is 0. The van der Waals surface area contributed by atoms with Gasteiger partial charge in [0, 0.05) is 45.0 Å². The van der Waals surface area contributed by atoms with Gasteiger partial charge in [-0.3, -0.25) is 9.69 Å². The lowest BCUT2D eigenvalue weighted by Crippen LogP contribution is -2.46. The summed E-state index contributed by atoms with van der Waals surface area (Å²) in [4.78, 5) is 17.0. The highest BCUT2D eigenvalue weighted by Crippen LogP contribution is 2.17. The van der Waals surface area contributed by atoms with E-state index in [1.165, 1.54) is 11.3 Å². The molecule has 1 atom stereocenters. The van der Waals surface area contributed by atoms with E-state index in [4.69, 9.17) is 0 Å². The SMILES string of the molecule is Cc1cccc(N2CCN(CCCCNC(=O)C3CCNC3)CC2)c1. The summed E-state index contributed by atoms with van der Waals surface area (Å²) in [5, 5.41) is 6.34. The van der Waals surface area contributed by atoms with E-state index in [2.05, 4.69) is 51.6 Å². The Morgan fingerprint density at radius 2 is 2.08 bits per heavy atom. The number of carbonyl (C=O) groups is 1. The molecule has 25 heavy (non-hydrogen) atoms. The minimum atomic E-state index is 0.190. The lowest BCUT2D eigenvalue weighted by atomic mass is 10.1. The number of carbonyl (C=O) groups excluding carboxylic acids is 1. The summed E-state index contributed by atoms with van der Waals surface area (Å²) in [5.41, 5.74) is 2.68. The van der Waals surface area contributed by atoms with Crippen LogP contribution in [0.5, 0.6) is 0 Å². The Labute approximate surface area is 151 Å². The predicted molar refractivity (Wildman–Crippen MR) is 103 cm³/mol. The quantitative estimate of drug-likeness (QED) is 0.738. The normalized spacial score (nSPS) is 21.5. The third-order valence-electron chi connectivity index (χ3n) is 5.37. The van der Waals surface area contributed by atoms with E-state index >= 15 is 0 Å². The molecule has 5 nitrogen and oxygen atoms in total. The van der Waals surface area contributed by atoms with Crippen LogP contribution in [0.1, 0.15) is 24.8 Å². The van der Waals surface area contributed by atoms with E-state index in [0.717, 1.165) is 71.6 Å². The van der Waals surface area contributed by atoms with Crippen molar-refractivity contribution in [2.45, 2.75) is 26.2 Å². The number of hydrogen-bond donors (Lipinski definition) is 2. The van der Waals surface area contributed by atoms with Crippen molar-refractivity contribution >= 4 is 11.6 Å². The predicted octanol–water partition coefficient (Wildman–Crippen LogP) is 1.62. The van der Waals surface area contributed by atoms with Crippen molar-refractivity contribution < 1.29 is 4.79 Å². The van der Waals surface area contributed by atoms with Gasteiger partial charge in [-0.05, 0) is 57.0 Å². The Morgan fingerprint density at radius 1 is 1.24 bits per heavy atom. The fourth-order valence-corrected chi connectivity index (χ4v) is 3.75. The molecule has 1 aromatic carbocycles. The lowest BCUT2D eigenvalue weighted by Gasteiger charge is -2.36. The van der Waals surface area contributed by atoms with Crippen molar-refractivity contribution in [2.75, 3.05) is 57.3 Å². The molecule has 0 aromatic heterocycles. The smallest absolute Gasteiger partial charge is 0.224 e. The maximum Gasteiger partial charge on any atom is 0.224 e. The van der Waals surface area contributed by atoms with E-state index in [-0.39, 0.29) is 11.8 Å². The Bertz CT molecular complexity index is 548. The van der Waals surface area contributed by atoms with Gasteiger partial charge in [0.05, 0.1) is 5.92 Å². The number of anilines is 1. The molecule has 0 radical (unpaired) electrons. The number of hydrogen-bond acceptors (Lipinski definition) is 4. The molecule has 1 unspecified atom stereocenters. The Morgan fingerprint density at radius 3 is 2.80 bits per heavy atom. The summed E-state index contributed by atoms with van der Waals surface area (Å²) in [6, 6.07) is 8.79. The van der Waals surface area contributed by atoms with Crippen molar-refractivity contribution in [1.82, 2.24) is 15.5 Å². The van der Waals surface area contributed by atoms with Crippen LogP contribution in [-0.4, -0.2) is 63.2 Å².